The van der Waals surface area contributed by atoms with Crippen LogP contribution in [0.1, 0.15) is 9.75 Å². The minimum absolute atomic E-state index is 0.0820. The van der Waals surface area contributed by atoms with Crippen LogP contribution in [0.5, 0.6) is 5.75 Å². The van der Waals surface area contributed by atoms with Crippen LogP contribution in [0, 0.1) is 17.1 Å². The number of nitriles is 1. The molecule has 0 aliphatic heterocycles. The van der Waals surface area contributed by atoms with Gasteiger partial charge in [0.25, 0.3) is 0 Å². The summed E-state index contributed by atoms with van der Waals surface area (Å²) in [5, 5.41) is 11.2. The Hall–Kier alpha value is -2.65. The third kappa shape index (κ3) is 3.91. The van der Waals surface area contributed by atoms with Crippen LogP contribution in [-0.4, -0.2) is 5.91 Å². The van der Waals surface area contributed by atoms with Crippen LogP contribution in [0.25, 0.3) is 0 Å². The number of halogens is 1. The first-order valence-electron chi connectivity index (χ1n) is 5.97. The molecule has 1 heterocycles. The number of carbonyl (C=O) groups is 1. The van der Waals surface area contributed by atoms with E-state index in [1.54, 1.807) is 12.1 Å². The van der Waals surface area contributed by atoms with Crippen molar-refractivity contribution in [1.29, 1.82) is 5.26 Å². The molecule has 1 aromatic heterocycles. The summed E-state index contributed by atoms with van der Waals surface area (Å²) in [7, 11) is 0. The standard InChI is InChI=1S/C15H11FN2O2S/c1-2-15(19)18-10-3-6-14(13(16)7-10)20-9-12-5-4-11(8-17)21-12/h2-7H,1,9H2,(H,18,19). The van der Waals surface area contributed by atoms with E-state index in [0.29, 0.717) is 10.6 Å². The van der Waals surface area contributed by atoms with Gasteiger partial charge in [0.2, 0.25) is 5.91 Å². The minimum Gasteiger partial charge on any atom is -0.485 e. The fourth-order valence-electron chi connectivity index (χ4n) is 1.55. The van der Waals surface area contributed by atoms with Crippen LogP contribution in [0.2, 0.25) is 0 Å². The van der Waals surface area contributed by atoms with Gasteiger partial charge in [0.05, 0.1) is 0 Å². The van der Waals surface area contributed by atoms with Crippen LogP contribution >= 0.6 is 11.3 Å². The van der Waals surface area contributed by atoms with E-state index in [0.717, 1.165) is 11.0 Å². The van der Waals surface area contributed by atoms with Crippen LogP contribution < -0.4 is 10.1 Å². The molecule has 6 heteroatoms. The monoisotopic (exact) mass is 302 g/mol. The van der Waals surface area contributed by atoms with E-state index in [1.807, 2.05) is 6.07 Å². The average molecular weight is 302 g/mol. The smallest absolute Gasteiger partial charge is 0.247 e. The number of amides is 1. The highest BCUT2D eigenvalue weighted by molar-refractivity contribution is 7.12. The van der Waals surface area contributed by atoms with Crippen molar-refractivity contribution in [3.63, 3.8) is 0 Å². The first-order chi connectivity index (χ1) is 10.1. The number of ether oxygens (including phenoxy) is 1. The SMILES string of the molecule is C=CC(=O)Nc1ccc(OCc2ccc(C#N)s2)c(F)c1. The van der Waals surface area contributed by atoms with Crippen molar-refractivity contribution in [3.05, 3.63) is 58.6 Å². The maximum Gasteiger partial charge on any atom is 0.247 e. The molecule has 2 aromatic rings. The third-order valence-corrected chi connectivity index (χ3v) is 3.49. The zero-order valence-electron chi connectivity index (χ0n) is 10.9. The molecule has 0 atom stereocenters. The summed E-state index contributed by atoms with van der Waals surface area (Å²) in [6.45, 7) is 3.50. The molecular weight excluding hydrogens is 291 g/mol. The van der Waals surface area contributed by atoms with Gasteiger partial charge in [0.15, 0.2) is 11.6 Å². The molecule has 0 unspecified atom stereocenters. The van der Waals surface area contributed by atoms with Gasteiger partial charge in [-0.3, -0.25) is 4.79 Å². The summed E-state index contributed by atoms with van der Waals surface area (Å²) in [5.41, 5.74) is 0.327. The highest BCUT2D eigenvalue weighted by atomic mass is 32.1. The summed E-state index contributed by atoms with van der Waals surface area (Å²) in [5.74, 6) is -0.905. The predicted octanol–water partition coefficient (Wildman–Crippen LogP) is 3.46. The van der Waals surface area contributed by atoms with Crippen molar-refractivity contribution in [2.45, 2.75) is 6.61 Å². The number of nitrogens with zero attached hydrogens (tertiary/aromatic N) is 1. The number of carbonyl (C=O) groups excluding carboxylic acids is 1. The molecule has 1 aromatic carbocycles. The quantitative estimate of drug-likeness (QED) is 0.860. The minimum atomic E-state index is -0.575. The second-order valence-electron chi connectivity index (χ2n) is 4.01. The summed E-state index contributed by atoms with van der Waals surface area (Å²) >= 11 is 1.30. The van der Waals surface area contributed by atoms with E-state index >= 15 is 0 Å². The molecule has 106 valence electrons. The number of thiophene rings is 1. The Labute approximate surface area is 125 Å². The maximum absolute atomic E-state index is 13.8. The molecule has 1 N–H and O–H groups in total. The van der Waals surface area contributed by atoms with Gasteiger partial charge in [0.1, 0.15) is 17.6 Å². The number of anilines is 1. The molecule has 0 saturated heterocycles. The van der Waals surface area contributed by atoms with Crippen molar-refractivity contribution in [3.8, 4) is 11.8 Å². The Morgan fingerprint density at radius 2 is 2.29 bits per heavy atom. The second-order valence-corrected chi connectivity index (χ2v) is 5.17. The predicted molar refractivity (Wildman–Crippen MR) is 78.6 cm³/mol. The van der Waals surface area contributed by atoms with Gasteiger partial charge in [0, 0.05) is 16.6 Å². The highest BCUT2D eigenvalue weighted by Gasteiger charge is 2.07. The Bertz CT molecular complexity index is 719. The lowest BCUT2D eigenvalue weighted by atomic mass is 10.3. The first kappa shape index (κ1) is 14.8. The summed E-state index contributed by atoms with van der Waals surface area (Å²) < 4.78 is 19.2. The normalized spacial score (nSPS) is 9.71. The Morgan fingerprint density at radius 1 is 1.48 bits per heavy atom. The van der Waals surface area contributed by atoms with Crippen molar-refractivity contribution >= 4 is 22.9 Å². The van der Waals surface area contributed by atoms with Crippen molar-refractivity contribution < 1.29 is 13.9 Å². The molecule has 0 radical (unpaired) electrons. The van der Waals surface area contributed by atoms with Gasteiger partial charge < -0.3 is 10.1 Å². The molecule has 1 amide bonds. The van der Waals surface area contributed by atoms with Crippen LogP contribution in [0.4, 0.5) is 10.1 Å². The Morgan fingerprint density at radius 3 is 2.90 bits per heavy atom. The molecule has 0 spiro atoms. The van der Waals surface area contributed by atoms with Crippen molar-refractivity contribution in [2.75, 3.05) is 5.32 Å². The maximum atomic E-state index is 13.8. The lowest BCUT2D eigenvalue weighted by Gasteiger charge is -2.08. The molecule has 2 rings (SSSR count). The van der Waals surface area contributed by atoms with Crippen molar-refractivity contribution in [1.82, 2.24) is 0 Å². The van der Waals surface area contributed by atoms with Crippen molar-refractivity contribution in [2.24, 2.45) is 0 Å². The Kier molecular flexibility index (Phi) is 4.69. The van der Waals surface area contributed by atoms with E-state index in [-0.39, 0.29) is 12.4 Å². The number of benzene rings is 1. The van der Waals surface area contributed by atoms with E-state index in [9.17, 15) is 9.18 Å². The lowest BCUT2D eigenvalue weighted by Crippen LogP contribution is -2.07. The number of hydrogen-bond acceptors (Lipinski definition) is 4. The van der Waals surface area contributed by atoms with E-state index in [4.69, 9.17) is 10.00 Å². The van der Waals surface area contributed by atoms with Gasteiger partial charge in [-0.2, -0.15) is 5.26 Å². The van der Waals surface area contributed by atoms with Gasteiger partial charge in [-0.05, 0) is 30.3 Å². The number of hydrogen-bond donors (Lipinski definition) is 1. The summed E-state index contributed by atoms with van der Waals surface area (Å²) in [4.78, 5) is 12.5. The van der Waals surface area contributed by atoms with E-state index < -0.39 is 11.7 Å². The second kappa shape index (κ2) is 6.68. The van der Waals surface area contributed by atoms with Crippen LogP contribution in [-0.2, 0) is 11.4 Å². The first-order valence-corrected chi connectivity index (χ1v) is 6.78. The van der Waals surface area contributed by atoms with Gasteiger partial charge in [-0.15, -0.1) is 11.3 Å². The zero-order chi connectivity index (χ0) is 15.2. The fraction of sp³-hybridized carbons (Fsp3) is 0.0667. The molecule has 4 nitrogen and oxygen atoms in total. The van der Waals surface area contributed by atoms with E-state index in [1.165, 1.54) is 29.5 Å². The largest absolute Gasteiger partial charge is 0.485 e. The molecule has 0 aliphatic carbocycles. The summed E-state index contributed by atoms with van der Waals surface area (Å²) in [6.07, 6.45) is 1.10. The molecular formula is C15H11FN2O2S. The van der Waals surface area contributed by atoms with Crippen LogP contribution in [0.3, 0.4) is 0 Å². The van der Waals surface area contributed by atoms with Gasteiger partial charge in [-0.25, -0.2) is 4.39 Å². The average Bonchev–Trinajstić information content (AvgIpc) is 2.94. The molecule has 21 heavy (non-hydrogen) atoms. The van der Waals surface area contributed by atoms with E-state index in [2.05, 4.69) is 11.9 Å². The lowest BCUT2D eigenvalue weighted by molar-refractivity contribution is -0.111. The molecule has 0 bridgehead atoms. The highest BCUT2D eigenvalue weighted by Crippen LogP contribution is 2.23. The van der Waals surface area contributed by atoms with Gasteiger partial charge >= 0.3 is 0 Å². The number of nitrogens with one attached hydrogen (secondary N) is 1. The summed E-state index contributed by atoms with van der Waals surface area (Å²) in [6, 6.07) is 9.63. The third-order valence-electron chi connectivity index (χ3n) is 2.53. The molecule has 0 aliphatic rings. The van der Waals surface area contributed by atoms with Gasteiger partial charge in [-0.1, -0.05) is 6.58 Å². The topological polar surface area (TPSA) is 62.1 Å². The fourth-order valence-corrected chi connectivity index (χ4v) is 2.27. The Balaban J connectivity index is 2.02. The zero-order valence-corrected chi connectivity index (χ0v) is 11.7. The van der Waals surface area contributed by atoms with Crippen LogP contribution in [0.15, 0.2) is 43.0 Å². The molecule has 0 saturated carbocycles. The molecule has 0 fully saturated rings. The number of rotatable bonds is 5.